The summed E-state index contributed by atoms with van der Waals surface area (Å²) in [5.74, 6) is -1.45. The van der Waals surface area contributed by atoms with Crippen LogP contribution in [0.5, 0.6) is 5.75 Å². The molecular weight excluding hydrogens is 387 g/mol. The van der Waals surface area contributed by atoms with Crippen molar-refractivity contribution >= 4 is 11.9 Å². The quantitative estimate of drug-likeness (QED) is 0.507. The van der Waals surface area contributed by atoms with Gasteiger partial charge in [0.05, 0.1) is 12.1 Å². The molecule has 0 unspecified atom stereocenters. The second-order valence-electron chi connectivity index (χ2n) is 6.34. The molecule has 0 aliphatic heterocycles. The van der Waals surface area contributed by atoms with E-state index in [0.717, 1.165) is 23.3 Å². The second kappa shape index (κ2) is 10.5. The van der Waals surface area contributed by atoms with E-state index in [-0.39, 0.29) is 19.1 Å². The first-order chi connectivity index (χ1) is 13.8. The van der Waals surface area contributed by atoms with Gasteiger partial charge >= 0.3 is 12.1 Å². The molecule has 5 nitrogen and oxygen atoms in total. The van der Waals surface area contributed by atoms with Gasteiger partial charge in [0.2, 0.25) is 5.91 Å². The molecule has 2 aromatic carbocycles. The van der Waals surface area contributed by atoms with E-state index < -0.39 is 30.1 Å². The van der Waals surface area contributed by atoms with Gasteiger partial charge in [0, 0.05) is 6.42 Å². The molecule has 0 radical (unpaired) electrons. The molecule has 1 N–H and O–H groups in total. The van der Waals surface area contributed by atoms with Crippen molar-refractivity contribution in [3.05, 3.63) is 65.2 Å². The van der Waals surface area contributed by atoms with Crippen molar-refractivity contribution in [2.75, 3.05) is 19.8 Å². The summed E-state index contributed by atoms with van der Waals surface area (Å²) < 4.78 is 48.3. The third kappa shape index (κ3) is 7.85. The Morgan fingerprint density at radius 2 is 1.72 bits per heavy atom. The second-order valence-corrected chi connectivity index (χ2v) is 6.34. The monoisotopic (exact) mass is 409 g/mol. The summed E-state index contributed by atoms with van der Waals surface area (Å²) in [6, 6.07) is 12.5. The van der Waals surface area contributed by atoms with Gasteiger partial charge in [0.25, 0.3) is 0 Å². The zero-order valence-corrected chi connectivity index (χ0v) is 15.9. The average Bonchev–Trinajstić information content (AvgIpc) is 2.69. The Bertz CT molecular complexity index is 819. The molecule has 0 fully saturated rings. The van der Waals surface area contributed by atoms with Gasteiger partial charge in [-0.1, -0.05) is 42.0 Å². The van der Waals surface area contributed by atoms with Crippen LogP contribution < -0.4 is 10.1 Å². The zero-order chi connectivity index (χ0) is 21.3. The number of nitrogens with one attached hydrogen (secondary N) is 1. The van der Waals surface area contributed by atoms with Crippen LogP contribution in [-0.2, 0) is 26.9 Å². The Labute approximate surface area is 166 Å². The van der Waals surface area contributed by atoms with Crippen LogP contribution in [0.25, 0.3) is 0 Å². The molecule has 0 aliphatic carbocycles. The molecule has 0 aliphatic rings. The van der Waals surface area contributed by atoms with Crippen LogP contribution in [0, 0.1) is 6.92 Å². The number of para-hydroxylation sites is 1. The predicted octanol–water partition coefficient (Wildman–Crippen LogP) is 3.68. The molecule has 0 atom stereocenters. The van der Waals surface area contributed by atoms with E-state index >= 15 is 0 Å². The van der Waals surface area contributed by atoms with Crippen molar-refractivity contribution in [3.8, 4) is 5.75 Å². The van der Waals surface area contributed by atoms with Gasteiger partial charge in [0.1, 0.15) is 12.4 Å². The van der Waals surface area contributed by atoms with E-state index in [1.54, 1.807) is 0 Å². The van der Waals surface area contributed by atoms with Gasteiger partial charge in [-0.3, -0.25) is 4.79 Å². The molecule has 0 saturated heterocycles. The molecule has 1 amide bonds. The molecule has 0 saturated carbocycles. The number of benzene rings is 2. The lowest BCUT2D eigenvalue weighted by molar-refractivity contribution is -0.148. The number of hydrogen-bond acceptors (Lipinski definition) is 4. The minimum absolute atomic E-state index is 0.0978. The molecule has 8 heteroatoms. The van der Waals surface area contributed by atoms with E-state index in [9.17, 15) is 22.8 Å². The fourth-order valence-corrected chi connectivity index (χ4v) is 2.46. The third-order valence-electron chi connectivity index (χ3n) is 3.99. The highest BCUT2D eigenvalue weighted by atomic mass is 19.4. The Hall–Kier alpha value is -3.03. The summed E-state index contributed by atoms with van der Waals surface area (Å²) in [6.07, 6.45) is -3.68. The lowest BCUT2D eigenvalue weighted by atomic mass is 10.1. The Morgan fingerprint density at radius 3 is 2.41 bits per heavy atom. The fourth-order valence-electron chi connectivity index (χ4n) is 2.46. The van der Waals surface area contributed by atoms with Crippen LogP contribution in [0.4, 0.5) is 13.2 Å². The Kier molecular flexibility index (Phi) is 8.06. The topological polar surface area (TPSA) is 64.6 Å². The first-order valence-corrected chi connectivity index (χ1v) is 9.02. The Morgan fingerprint density at radius 1 is 1.03 bits per heavy atom. The van der Waals surface area contributed by atoms with Gasteiger partial charge in [-0.25, -0.2) is 4.79 Å². The van der Waals surface area contributed by atoms with Crippen molar-refractivity contribution in [2.24, 2.45) is 0 Å². The number of aryl methyl sites for hydroxylation is 2. The van der Waals surface area contributed by atoms with Gasteiger partial charge < -0.3 is 14.8 Å². The summed E-state index contributed by atoms with van der Waals surface area (Å²) in [4.78, 5) is 23.4. The molecule has 0 heterocycles. The number of alkyl halides is 3. The number of carbonyl (C=O) groups excluding carboxylic acids is 2. The molecule has 2 aromatic rings. The van der Waals surface area contributed by atoms with Gasteiger partial charge in [0.15, 0.2) is 6.61 Å². The predicted molar refractivity (Wildman–Crippen MR) is 100 cm³/mol. The first kappa shape index (κ1) is 22.3. The van der Waals surface area contributed by atoms with Crippen molar-refractivity contribution in [1.29, 1.82) is 0 Å². The highest BCUT2D eigenvalue weighted by Crippen LogP contribution is 2.35. The Balaban J connectivity index is 1.64. The minimum Gasteiger partial charge on any atom is -0.481 e. The van der Waals surface area contributed by atoms with Crippen molar-refractivity contribution in [3.63, 3.8) is 0 Å². The van der Waals surface area contributed by atoms with E-state index in [1.165, 1.54) is 12.1 Å². The van der Waals surface area contributed by atoms with E-state index in [2.05, 4.69) is 5.32 Å². The fraction of sp³-hybridized carbons (Fsp3) is 0.333. The van der Waals surface area contributed by atoms with Crippen LogP contribution in [0.1, 0.15) is 23.1 Å². The van der Waals surface area contributed by atoms with Crippen molar-refractivity contribution in [2.45, 2.75) is 25.9 Å². The van der Waals surface area contributed by atoms with Crippen LogP contribution >= 0.6 is 0 Å². The lowest BCUT2D eigenvalue weighted by Crippen LogP contribution is -2.29. The zero-order valence-electron chi connectivity index (χ0n) is 15.9. The van der Waals surface area contributed by atoms with E-state index in [4.69, 9.17) is 9.47 Å². The maximum Gasteiger partial charge on any atom is 0.419 e. The largest absolute Gasteiger partial charge is 0.481 e. The summed E-state index contributed by atoms with van der Waals surface area (Å²) in [7, 11) is 0. The maximum atomic E-state index is 12.8. The summed E-state index contributed by atoms with van der Waals surface area (Å²) >= 11 is 0. The standard InChI is InChI=1S/C21H22F3NO4/c1-15-6-8-16(9-7-15)10-11-19(26)25-12-13-28-20(27)14-29-18-5-3-2-4-17(18)21(22,23)24/h2-9H,10-14H2,1H3,(H,25,26). The molecule has 0 aromatic heterocycles. The highest BCUT2D eigenvalue weighted by Gasteiger charge is 2.34. The molecular formula is C21H22F3NO4. The number of hydrogen-bond donors (Lipinski definition) is 1. The van der Waals surface area contributed by atoms with Gasteiger partial charge in [-0.15, -0.1) is 0 Å². The smallest absolute Gasteiger partial charge is 0.419 e. The normalized spacial score (nSPS) is 11.0. The lowest BCUT2D eigenvalue weighted by Gasteiger charge is -2.13. The SMILES string of the molecule is Cc1ccc(CCC(=O)NCCOC(=O)COc2ccccc2C(F)(F)F)cc1. The molecule has 29 heavy (non-hydrogen) atoms. The van der Waals surface area contributed by atoms with E-state index in [1.807, 2.05) is 31.2 Å². The van der Waals surface area contributed by atoms with Crippen molar-refractivity contribution in [1.82, 2.24) is 5.32 Å². The first-order valence-electron chi connectivity index (χ1n) is 9.02. The van der Waals surface area contributed by atoms with Gasteiger partial charge in [-0.2, -0.15) is 13.2 Å². The average molecular weight is 409 g/mol. The number of rotatable bonds is 9. The number of ether oxygens (including phenoxy) is 2. The molecule has 156 valence electrons. The summed E-state index contributed by atoms with van der Waals surface area (Å²) in [6.45, 7) is 1.34. The van der Waals surface area contributed by atoms with E-state index in [0.29, 0.717) is 12.8 Å². The summed E-state index contributed by atoms with van der Waals surface area (Å²) in [5, 5.41) is 2.62. The van der Waals surface area contributed by atoms with Gasteiger partial charge in [-0.05, 0) is 31.0 Å². The van der Waals surface area contributed by atoms with Crippen LogP contribution in [0.3, 0.4) is 0 Å². The minimum atomic E-state index is -4.58. The molecule has 2 rings (SSSR count). The van der Waals surface area contributed by atoms with Crippen LogP contribution in [0.2, 0.25) is 0 Å². The summed E-state index contributed by atoms with van der Waals surface area (Å²) in [5.41, 5.74) is 1.23. The third-order valence-corrected chi connectivity index (χ3v) is 3.99. The number of amides is 1. The van der Waals surface area contributed by atoms with Crippen molar-refractivity contribution < 1.29 is 32.2 Å². The molecule has 0 bridgehead atoms. The van der Waals surface area contributed by atoms with Crippen LogP contribution in [-0.4, -0.2) is 31.6 Å². The maximum absolute atomic E-state index is 12.8. The number of carbonyl (C=O) groups is 2. The van der Waals surface area contributed by atoms with Crippen LogP contribution in [0.15, 0.2) is 48.5 Å². The highest BCUT2D eigenvalue weighted by molar-refractivity contribution is 5.76. The molecule has 0 spiro atoms. The number of halogens is 3. The number of esters is 1.